The van der Waals surface area contributed by atoms with Crippen molar-refractivity contribution in [3.8, 4) is 0 Å². The largest absolute Gasteiger partial charge is 0.465 e. The lowest BCUT2D eigenvalue weighted by molar-refractivity contribution is -0.127. The van der Waals surface area contributed by atoms with E-state index in [2.05, 4.69) is 14.9 Å². The summed E-state index contributed by atoms with van der Waals surface area (Å²) in [7, 11) is 0. The summed E-state index contributed by atoms with van der Waals surface area (Å²) in [5.41, 5.74) is 2.06. The summed E-state index contributed by atoms with van der Waals surface area (Å²) < 4.78 is 5.20. The Morgan fingerprint density at radius 3 is 2.76 bits per heavy atom. The van der Waals surface area contributed by atoms with Crippen LogP contribution in [0.25, 0.3) is 17.1 Å². The predicted molar refractivity (Wildman–Crippen MR) is 95.7 cm³/mol. The molecule has 1 aliphatic heterocycles. The predicted octanol–water partition coefficient (Wildman–Crippen LogP) is 2.51. The van der Waals surface area contributed by atoms with Crippen LogP contribution in [0.1, 0.15) is 11.6 Å². The van der Waals surface area contributed by atoms with Crippen molar-refractivity contribution in [2.45, 2.75) is 6.54 Å². The van der Waals surface area contributed by atoms with Gasteiger partial charge in [0.1, 0.15) is 11.6 Å². The Morgan fingerprint density at radius 1 is 1.16 bits per heavy atom. The molecule has 1 aliphatic rings. The molecule has 1 saturated heterocycles. The molecule has 1 amide bonds. The fourth-order valence-corrected chi connectivity index (χ4v) is 3.06. The van der Waals surface area contributed by atoms with Crippen LogP contribution in [0.15, 0.2) is 53.2 Å². The molecule has 3 aromatic rings. The number of nitrogens with one attached hydrogen (secondary N) is 1. The van der Waals surface area contributed by atoms with Gasteiger partial charge in [-0.1, -0.05) is 12.1 Å². The zero-order valence-electron chi connectivity index (χ0n) is 13.9. The molecule has 1 aromatic carbocycles. The number of aromatic nitrogens is 2. The second-order valence-corrected chi connectivity index (χ2v) is 6.15. The summed E-state index contributed by atoms with van der Waals surface area (Å²) in [6, 6.07) is 11.7. The number of fused-ring (bicyclic) bond motifs is 1. The van der Waals surface area contributed by atoms with Crippen LogP contribution in [0.3, 0.4) is 0 Å². The molecule has 0 saturated carbocycles. The normalized spacial score (nSPS) is 16.1. The standard InChI is InChI=1S/C19H20N4O2/c24-19(8-7-15-4-3-13-25-15)23-11-9-22(10-12-23)14-18-20-16-5-1-2-6-17(16)21-18/h1-8,13H,9-12,14H2,(H,20,21)/b8-7+. The lowest BCUT2D eigenvalue weighted by Crippen LogP contribution is -2.47. The van der Waals surface area contributed by atoms with Gasteiger partial charge in [0.25, 0.3) is 0 Å². The molecule has 0 atom stereocenters. The Kier molecular flexibility index (Phi) is 4.35. The second-order valence-electron chi connectivity index (χ2n) is 6.15. The summed E-state index contributed by atoms with van der Waals surface area (Å²) in [4.78, 5) is 24.4. The van der Waals surface area contributed by atoms with Crippen molar-refractivity contribution in [1.82, 2.24) is 19.8 Å². The van der Waals surface area contributed by atoms with Crippen LogP contribution >= 0.6 is 0 Å². The molecular weight excluding hydrogens is 316 g/mol. The molecule has 0 aliphatic carbocycles. The smallest absolute Gasteiger partial charge is 0.246 e. The van der Waals surface area contributed by atoms with E-state index in [1.807, 2.05) is 35.2 Å². The minimum Gasteiger partial charge on any atom is -0.465 e. The van der Waals surface area contributed by atoms with E-state index < -0.39 is 0 Å². The van der Waals surface area contributed by atoms with E-state index in [4.69, 9.17) is 4.42 Å². The highest BCUT2D eigenvalue weighted by Crippen LogP contribution is 2.13. The first-order valence-corrected chi connectivity index (χ1v) is 8.44. The quantitative estimate of drug-likeness (QED) is 0.744. The highest BCUT2D eigenvalue weighted by molar-refractivity contribution is 5.91. The van der Waals surface area contributed by atoms with Crippen LogP contribution in [-0.4, -0.2) is 51.9 Å². The molecule has 6 nitrogen and oxygen atoms in total. The zero-order chi connectivity index (χ0) is 17.1. The third kappa shape index (κ3) is 3.64. The first-order chi connectivity index (χ1) is 12.3. The van der Waals surface area contributed by atoms with Gasteiger partial charge in [0.15, 0.2) is 0 Å². The van der Waals surface area contributed by atoms with Crippen molar-refractivity contribution in [2.24, 2.45) is 0 Å². The number of furan rings is 1. The SMILES string of the molecule is O=C(/C=C/c1ccco1)N1CCN(Cc2nc3ccccc3[nH]2)CC1. The lowest BCUT2D eigenvalue weighted by Gasteiger charge is -2.33. The van der Waals surface area contributed by atoms with E-state index in [0.29, 0.717) is 5.76 Å². The first kappa shape index (κ1) is 15.7. The molecular formula is C19H20N4O2. The average Bonchev–Trinajstić information content (AvgIpc) is 3.29. The Balaban J connectivity index is 1.31. The van der Waals surface area contributed by atoms with Gasteiger partial charge in [-0.3, -0.25) is 9.69 Å². The average molecular weight is 336 g/mol. The number of piperazine rings is 1. The van der Waals surface area contributed by atoms with E-state index in [9.17, 15) is 4.79 Å². The zero-order valence-corrected chi connectivity index (χ0v) is 13.9. The van der Waals surface area contributed by atoms with E-state index >= 15 is 0 Å². The van der Waals surface area contributed by atoms with Gasteiger partial charge in [-0.25, -0.2) is 4.98 Å². The molecule has 6 heteroatoms. The monoisotopic (exact) mass is 336 g/mol. The number of para-hydroxylation sites is 2. The summed E-state index contributed by atoms with van der Waals surface area (Å²) in [6.45, 7) is 3.91. The topological polar surface area (TPSA) is 65.4 Å². The number of hydrogen-bond donors (Lipinski definition) is 1. The van der Waals surface area contributed by atoms with E-state index in [1.54, 1.807) is 24.5 Å². The number of imidazole rings is 1. The van der Waals surface area contributed by atoms with Crippen LogP contribution in [0.4, 0.5) is 0 Å². The van der Waals surface area contributed by atoms with E-state index in [1.165, 1.54) is 0 Å². The van der Waals surface area contributed by atoms with Gasteiger partial charge >= 0.3 is 0 Å². The van der Waals surface area contributed by atoms with Gasteiger partial charge in [-0.2, -0.15) is 0 Å². The van der Waals surface area contributed by atoms with Crippen molar-refractivity contribution in [3.05, 3.63) is 60.3 Å². The maximum Gasteiger partial charge on any atom is 0.246 e. The summed E-state index contributed by atoms with van der Waals surface area (Å²) in [6.07, 6.45) is 4.89. The summed E-state index contributed by atoms with van der Waals surface area (Å²) in [5, 5.41) is 0. The van der Waals surface area contributed by atoms with Crippen molar-refractivity contribution >= 4 is 23.0 Å². The Morgan fingerprint density at radius 2 is 2.00 bits per heavy atom. The lowest BCUT2D eigenvalue weighted by atomic mass is 10.3. The van der Waals surface area contributed by atoms with Crippen LogP contribution in [-0.2, 0) is 11.3 Å². The van der Waals surface area contributed by atoms with Gasteiger partial charge in [-0.05, 0) is 30.3 Å². The van der Waals surface area contributed by atoms with Crippen LogP contribution in [0.2, 0.25) is 0 Å². The van der Waals surface area contributed by atoms with E-state index in [0.717, 1.165) is 49.6 Å². The first-order valence-electron chi connectivity index (χ1n) is 8.44. The molecule has 0 spiro atoms. The Labute approximate surface area is 145 Å². The number of amides is 1. The molecule has 128 valence electrons. The minimum atomic E-state index is 0.0276. The third-order valence-electron chi connectivity index (χ3n) is 4.43. The molecule has 0 unspecified atom stereocenters. The fourth-order valence-electron chi connectivity index (χ4n) is 3.06. The number of carbonyl (C=O) groups is 1. The van der Waals surface area contributed by atoms with Gasteiger partial charge in [-0.15, -0.1) is 0 Å². The van der Waals surface area contributed by atoms with Crippen molar-refractivity contribution in [1.29, 1.82) is 0 Å². The van der Waals surface area contributed by atoms with Gasteiger partial charge < -0.3 is 14.3 Å². The minimum absolute atomic E-state index is 0.0276. The Hall–Kier alpha value is -2.86. The summed E-state index contributed by atoms with van der Waals surface area (Å²) in [5.74, 6) is 1.69. The molecule has 25 heavy (non-hydrogen) atoms. The van der Waals surface area contributed by atoms with E-state index in [-0.39, 0.29) is 5.91 Å². The highest BCUT2D eigenvalue weighted by Gasteiger charge is 2.20. The maximum atomic E-state index is 12.2. The number of aromatic amines is 1. The van der Waals surface area contributed by atoms with Crippen LogP contribution < -0.4 is 0 Å². The number of benzene rings is 1. The van der Waals surface area contributed by atoms with Gasteiger partial charge in [0.2, 0.25) is 5.91 Å². The second kappa shape index (κ2) is 6.94. The van der Waals surface area contributed by atoms with Crippen LogP contribution in [0.5, 0.6) is 0 Å². The van der Waals surface area contributed by atoms with Crippen molar-refractivity contribution in [3.63, 3.8) is 0 Å². The number of carbonyl (C=O) groups excluding carboxylic acids is 1. The Bertz CT molecular complexity index is 841. The van der Waals surface area contributed by atoms with Crippen LogP contribution in [0, 0.1) is 0 Å². The summed E-state index contributed by atoms with van der Waals surface area (Å²) >= 11 is 0. The number of H-pyrrole nitrogens is 1. The van der Waals surface area contributed by atoms with Gasteiger partial charge in [0, 0.05) is 32.3 Å². The highest BCUT2D eigenvalue weighted by atomic mass is 16.3. The fraction of sp³-hybridized carbons (Fsp3) is 0.263. The molecule has 2 aromatic heterocycles. The van der Waals surface area contributed by atoms with Gasteiger partial charge in [0.05, 0.1) is 23.8 Å². The molecule has 1 fully saturated rings. The molecule has 1 N–H and O–H groups in total. The third-order valence-corrected chi connectivity index (χ3v) is 4.43. The number of hydrogen-bond acceptors (Lipinski definition) is 4. The molecule has 0 bridgehead atoms. The van der Waals surface area contributed by atoms with Crippen molar-refractivity contribution in [2.75, 3.05) is 26.2 Å². The maximum absolute atomic E-state index is 12.2. The molecule has 4 rings (SSSR count). The molecule has 0 radical (unpaired) electrons. The van der Waals surface area contributed by atoms with Crippen molar-refractivity contribution < 1.29 is 9.21 Å². The number of nitrogens with zero attached hydrogens (tertiary/aromatic N) is 3. The number of rotatable bonds is 4. The molecule has 3 heterocycles.